The Bertz CT molecular complexity index is 689. The molecule has 118 valence electrons. The summed E-state index contributed by atoms with van der Waals surface area (Å²) >= 11 is 0. The van der Waals surface area contributed by atoms with E-state index in [4.69, 9.17) is 10.00 Å². The molecule has 2 rings (SSSR count). The molecule has 1 fully saturated rings. The number of hydrogen-bond donors (Lipinski definition) is 1. The Morgan fingerprint density at radius 1 is 1.30 bits per heavy atom. The quantitative estimate of drug-likeness (QED) is 0.841. The van der Waals surface area contributed by atoms with Crippen molar-refractivity contribution in [1.29, 1.82) is 10.5 Å². The summed E-state index contributed by atoms with van der Waals surface area (Å²) in [5.74, 6) is -1.08. The van der Waals surface area contributed by atoms with E-state index in [1.54, 1.807) is 18.2 Å². The van der Waals surface area contributed by atoms with Gasteiger partial charge in [0.25, 0.3) is 0 Å². The van der Waals surface area contributed by atoms with Crippen LogP contribution < -0.4 is 0 Å². The van der Waals surface area contributed by atoms with Gasteiger partial charge in [-0.2, -0.15) is 10.5 Å². The number of benzene rings is 1. The van der Waals surface area contributed by atoms with Crippen molar-refractivity contribution in [3.05, 3.63) is 47.0 Å². The number of ether oxygens (including phenoxy) is 1. The Kier molecular flexibility index (Phi) is 5.51. The third kappa shape index (κ3) is 3.59. The van der Waals surface area contributed by atoms with Gasteiger partial charge >= 0.3 is 5.97 Å². The van der Waals surface area contributed by atoms with E-state index in [1.807, 2.05) is 12.1 Å². The van der Waals surface area contributed by atoms with Crippen molar-refractivity contribution in [3.8, 4) is 12.1 Å². The van der Waals surface area contributed by atoms with E-state index in [1.165, 1.54) is 0 Å². The Hall–Kier alpha value is -2.63. The molecule has 1 aromatic carbocycles. The topological polar surface area (TPSA) is 94.1 Å². The van der Waals surface area contributed by atoms with Gasteiger partial charge in [0.15, 0.2) is 0 Å². The van der Waals surface area contributed by atoms with E-state index in [9.17, 15) is 15.2 Å². The van der Waals surface area contributed by atoms with Gasteiger partial charge in [-0.25, -0.2) is 4.79 Å². The molecule has 5 nitrogen and oxygen atoms in total. The number of nitriles is 2. The Balaban J connectivity index is 2.28. The van der Waals surface area contributed by atoms with Crippen LogP contribution in [0.4, 0.5) is 0 Å². The molecule has 0 aromatic heterocycles. The van der Waals surface area contributed by atoms with Crippen LogP contribution in [0.15, 0.2) is 24.8 Å². The Labute approximate surface area is 135 Å². The van der Waals surface area contributed by atoms with Gasteiger partial charge in [-0.05, 0) is 43.2 Å². The average Bonchev–Trinajstić information content (AvgIpc) is 2.58. The maximum Gasteiger partial charge on any atom is 0.337 e. The lowest BCUT2D eigenvalue weighted by Crippen LogP contribution is -2.22. The van der Waals surface area contributed by atoms with Crippen LogP contribution in [0.1, 0.15) is 58.6 Å². The molecular weight excluding hydrogens is 292 g/mol. The van der Waals surface area contributed by atoms with E-state index < -0.39 is 5.97 Å². The van der Waals surface area contributed by atoms with Crippen molar-refractivity contribution >= 4 is 5.97 Å². The van der Waals surface area contributed by atoms with E-state index in [0.717, 1.165) is 25.7 Å². The fourth-order valence-corrected chi connectivity index (χ4v) is 3.14. The zero-order chi connectivity index (χ0) is 16.8. The van der Waals surface area contributed by atoms with Crippen LogP contribution in [0.3, 0.4) is 0 Å². The van der Waals surface area contributed by atoms with Crippen molar-refractivity contribution in [3.63, 3.8) is 0 Å². The van der Waals surface area contributed by atoms with Gasteiger partial charge in [0, 0.05) is 0 Å². The molecule has 0 heterocycles. The fourth-order valence-electron chi connectivity index (χ4n) is 3.14. The van der Waals surface area contributed by atoms with Gasteiger partial charge in [-0.1, -0.05) is 12.1 Å². The minimum Gasteiger partial charge on any atom is -0.478 e. The first-order chi connectivity index (χ1) is 11.1. The molecule has 1 aromatic rings. The molecular formula is C18H18N2O3. The van der Waals surface area contributed by atoms with Gasteiger partial charge in [-0.3, -0.25) is 0 Å². The van der Waals surface area contributed by atoms with Gasteiger partial charge < -0.3 is 9.84 Å². The predicted molar refractivity (Wildman–Crippen MR) is 84.0 cm³/mol. The normalized spacial score (nSPS) is 20.3. The Morgan fingerprint density at radius 2 is 2.00 bits per heavy atom. The lowest BCUT2D eigenvalue weighted by atomic mass is 9.79. The van der Waals surface area contributed by atoms with Gasteiger partial charge in [0.2, 0.25) is 0 Å². The summed E-state index contributed by atoms with van der Waals surface area (Å²) in [4.78, 5) is 11.6. The fraction of sp³-hybridized carbons (Fsp3) is 0.389. The molecule has 23 heavy (non-hydrogen) atoms. The number of rotatable bonds is 5. The SMILES string of the molecule is C=CCOC1CCC(c2ccc(C#N)c(C#N)c2C(=O)O)CC1. The Morgan fingerprint density at radius 3 is 2.52 bits per heavy atom. The molecule has 1 N–H and O–H groups in total. The lowest BCUT2D eigenvalue weighted by molar-refractivity contribution is 0.0422. The molecule has 0 bridgehead atoms. The van der Waals surface area contributed by atoms with Gasteiger partial charge in [0.1, 0.15) is 12.1 Å². The van der Waals surface area contributed by atoms with Crippen molar-refractivity contribution in [2.45, 2.75) is 37.7 Å². The molecule has 0 atom stereocenters. The van der Waals surface area contributed by atoms with Crippen LogP contribution >= 0.6 is 0 Å². The van der Waals surface area contributed by atoms with Crippen molar-refractivity contribution in [1.82, 2.24) is 0 Å². The number of hydrogen-bond acceptors (Lipinski definition) is 4. The van der Waals surface area contributed by atoms with E-state index >= 15 is 0 Å². The van der Waals surface area contributed by atoms with Crippen LogP contribution in [-0.2, 0) is 4.74 Å². The third-order valence-electron chi connectivity index (χ3n) is 4.25. The highest BCUT2D eigenvalue weighted by atomic mass is 16.5. The van der Waals surface area contributed by atoms with E-state index in [-0.39, 0.29) is 28.7 Å². The summed E-state index contributed by atoms with van der Waals surface area (Å²) in [5.41, 5.74) is 0.691. The largest absolute Gasteiger partial charge is 0.478 e. The predicted octanol–water partition coefficient (Wildman–Crippen LogP) is 3.36. The summed E-state index contributed by atoms with van der Waals surface area (Å²) in [6.45, 7) is 4.15. The molecule has 1 saturated carbocycles. The molecule has 0 aliphatic heterocycles. The number of carboxylic acids is 1. The number of carbonyl (C=O) groups is 1. The molecule has 1 aliphatic rings. The first-order valence-electron chi connectivity index (χ1n) is 7.55. The highest BCUT2D eigenvalue weighted by Crippen LogP contribution is 2.37. The first kappa shape index (κ1) is 16.7. The lowest BCUT2D eigenvalue weighted by Gasteiger charge is -2.29. The summed E-state index contributed by atoms with van der Waals surface area (Å²) in [6.07, 6.45) is 5.19. The van der Waals surface area contributed by atoms with E-state index in [0.29, 0.717) is 12.2 Å². The number of nitrogens with zero attached hydrogens (tertiary/aromatic N) is 2. The van der Waals surface area contributed by atoms with Crippen molar-refractivity contribution in [2.75, 3.05) is 6.61 Å². The minimum absolute atomic E-state index is 0.0259. The molecule has 0 radical (unpaired) electrons. The highest BCUT2D eigenvalue weighted by molar-refractivity contribution is 5.93. The second-order valence-electron chi connectivity index (χ2n) is 5.58. The summed E-state index contributed by atoms with van der Waals surface area (Å²) in [7, 11) is 0. The minimum atomic E-state index is -1.15. The summed E-state index contributed by atoms with van der Waals surface area (Å²) in [5, 5.41) is 27.8. The van der Waals surface area contributed by atoms with Crippen LogP contribution in [0.25, 0.3) is 0 Å². The highest BCUT2D eigenvalue weighted by Gasteiger charge is 2.28. The zero-order valence-electron chi connectivity index (χ0n) is 12.8. The number of aromatic carboxylic acids is 1. The van der Waals surface area contributed by atoms with Crippen LogP contribution in [0.2, 0.25) is 0 Å². The molecule has 0 saturated heterocycles. The summed E-state index contributed by atoms with van der Waals surface area (Å²) in [6, 6.07) is 6.98. The average molecular weight is 310 g/mol. The molecule has 1 aliphatic carbocycles. The molecule has 0 spiro atoms. The van der Waals surface area contributed by atoms with Gasteiger partial charge in [-0.15, -0.1) is 6.58 Å². The maximum atomic E-state index is 11.6. The monoisotopic (exact) mass is 310 g/mol. The number of carboxylic acid groups (broad SMARTS) is 1. The van der Waals surface area contributed by atoms with E-state index in [2.05, 4.69) is 6.58 Å². The van der Waals surface area contributed by atoms with Crippen LogP contribution in [0, 0.1) is 22.7 Å². The smallest absolute Gasteiger partial charge is 0.337 e. The second-order valence-corrected chi connectivity index (χ2v) is 5.58. The standard InChI is InChI=1S/C18H18N2O3/c1-2-9-23-14-6-3-12(4-7-14)15-8-5-13(10-19)16(11-20)17(15)18(21)22/h2,5,8,12,14H,1,3-4,6-7,9H2,(H,21,22). The van der Waals surface area contributed by atoms with Gasteiger partial charge in [0.05, 0.1) is 29.4 Å². The van der Waals surface area contributed by atoms with Crippen LogP contribution in [0.5, 0.6) is 0 Å². The van der Waals surface area contributed by atoms with Crippen molar-refractivity contribution < 1.29 is 14.6 Å². The molecule has 0 unspecified atom stereocenters. The zero-order valence-corrected chi connectivity index (χ0v) is 12.8. The molecule has 5 heteroatoms. The summed E-state index contributed by atoms with van der Waals surface area (Å²) < 4.78 is 5.65. The first-order valence-corrected chi connectivity index (χ1v) is 7.55. The second kappa shape index (κ2) is 7.58. The van der Waals surface area contributed by atoms with Crippen molar-refractivity contribution in [2.24, 2.45) is 0 Å². The third-order valence-corrected chi connectivity index (χ3v) is 4.25. The molecule has 0 amide bonds. The maximum absolute atomic E-state index is 11.6. The van der Waals surface area contributed by atoms with Crippen LogP contribution in [-0.4, -0.2) is 23.8 Å².